The average molecular weight is 348 g/mol. The van der Waals surface area contributed by atoms with Crippen LogP contribution < -0.4 is 11.1 Å². The molecule has 16 heavy (non-hydrogen) atoms. The van der Waals surface area contributed by atoms with Crippen molar-refractivity contribution in [1.82, 2.24) is 0 Å². The molecule has 1 aliphatic carbocycles. The Morgan fingerprint density at radius 1 is 1.25 bits per heavy atom. The lowest BCUT2D eigenvalue weighted by Crippen LogP contribution is -2.34. The van der Waals surface area contributed by atoms with Crippen LogP contribution >= 0.6 is 31.9 Å². The minimum absolute atomic E-state index is 0.358. The molecule has 0 heterocycles. The predicted molar refractivity (Wildman–Crippen MR) is 75.7 cm³/mol. The van der Waals surface area contributed by atoms with Gasteiger partial charge in [-0.05, 0) is 59.8 Å². The Labute approximate surface area is 113 Å². The first-order valence-corrected chi connectivity index (χ1v) is 7.21. The third-order valence-electron chi connectivity index (χ3n) is 3.00. The number of rotatable bonds is 2. The van der Waals surface area contributed by atoms with Gasteiger partial charge in [-0.1, -0.05) is 15.9 Å². The topological polar surface area (TPSA) is 38.0 Å². The summed E-state index contributed by atoms with van der Waals surface area (Å²) in [4.78, 5) is 0. The van der Waals surface area contributed by atoms with Crippen molar-refractivity contribution in [3.63, 3.8) is 0 Å². The number of halogens is 2. The van der Waals surface area contributed by atoms with Gasteiger partial charge >= 0.3 is 0 Å². The van der Waals surface area contributed by atoms with Crippen molar-refractivity contribution >= 4 is 37.5 Å². The first-order valence-electron chi connectivity index (χ1n) is 5.62. The van der Waals surface area contributed by atoms with Gasteiger partial charge in [0.2, 0.25) is 0 Å². The van der Waals surface area contributed by atoms with E-state index in [-0.39, 0.29) is 0 Å². The van der Waals surface area contributed by atoms with E-state index >= 15 is 0 Å². The van der Waals surface area contributed by atoms with Gasteiger partial charge in [-0.2, -0.15) is 0 Å². The van der Waals surface area contributed by atoms with E-state index in [9.17, 15) is 0 Å². The molecule has 4 heteroatoms. The molecule has 0 saturated heterocycles. The molecule has 0 spiro atoms. The Kier molecular flexibility index (Phi) is 4.27. The molecule has 1 aromatic carbocycles. The number of nitrogens with one attached hydrogen (secondary N) is 1. The summed E-state index contributed by atoms with van der Waals surface area (Å²) in [5, 5.41) is 3.56. The van der Waals surface area contributed by atoms with Gasteiger partial charge in [0, 0.05) is 26.7 Å². The second-order valence-electron chi connectivity index (χ2n) is 4.39. The van der Waals surface area contributed by atoms with Crippen LogP contribution in [0.1, 0.15) is 25.7 Å². The SMILES string of the molecule is NC1CCCC(Nc2cc(Br)ccc2Br)C1. The van der Waals surface area contributed by atoms with Crippen molar-refractivity contribution in [1.29, 1.82) is 0 Å². The van der Waals surface area contributed by atoms with E-state index in [4.69, 9.17) is 5.73 Å². The van der Waals surface area contributed by atoms with E-state index in [1.807, 2.05) is 6.07 Å². The molecule has 1 saturated carbocycles. The fourth-order valence-electron chi connectivity index (χ4n) is 2.19. The van der Waals surface area contributed by atoms with E-state index < -0.39 is 0 Å². The van der Waals surface area contributed by atoms with Gasteiger partial charge < -0.3 is 11.1 Å². The lowest BCUT2D eigenvalue weighted by Gasteiger charge is -2.28. The number of benzene rings is 1. The highest BCUT2D eigenvalue weighted by Gasteiger charge is 2.19. The highest BCUT2D eigenvalue weighted by atomic mass is 79.9. The molecule has 0 aliphatic heterocycles. The highest BCUT2D eigenvalue weighted by Crippen LogP contribution is 2.29. The van der Waals surface area contributed by atoms with Crippen LogP contribution in [0.3, 0.4) is 0 Å². The number of anilines is 1. The van der Waals surface area contributed by atoms with Gasteiger partial charge in [-0.3, -0.25) is 0 Å². The summed E-state index contributed by atoms with van der Waals surface area (Å²) in [7, 11) is 0. The van der Waals surface area contributed by atoms with Crippen molar-refractivity contribution in [2.75, 3.05) is 5.32 Å². The van der Waals surface area contributed by atoms with Crippen molar-refractivity contribution in [2.45, 2.75) is 37.8 Å². The van der Waals surface area contributed by atoms with Crippen molar-refractivity contribution < 1.29 is 0 Å². The van der Waals surface area contributed by atoms with Crippen LogP contribution in [-0.2, 0) is 0 Å². The normalized spacial score (nSPS) is 25.4. The molecule has 1 aromatic rings. The Bertz CT molecular complexity index is 368. The Balaban J connectivity index is 2.05. The van der Waals surface area contributed by atoms with Crippen molar-refractivity contribution in [3.8, 4) is 0 Å². The summed E-state index contributed by atoms with van der Waals surface area (Å²) < 4.78 is 2.20. The van der Waals surface area contributed by atoms with E-state index in [0.29, 0.717) is 12.1 Å². The Morgan fingerprint density at radius 3 is 2.81 bits per heavy atom. The number of hydrogen-bond donors (Lipinski definition) is 2. The minimum Gasteiger partial charge on any atom is -0.381 e. The van der Waals surface area contributed by atoms with Crippen LogP contribution in [0, 0.1) is 0 Å². The molecule has 2 unspecified atom stereocenters. The van der Waals surface area contributed by atoms with Gasteiger partial charge in [0.25, 0.3) is 0 Å². The monoisotopic (exact) mass is 346 g/mol. The van der Waals surface area contributed by atoms with Crippen LogP contribution in [0.15, 0.2) is 27.1 Å². The van der Waals surface area contributed by atoms with Gasteiger partial charge in [0.1, 0.15) is 0 Å². The molecule has 2 nitrogen and oxygen atoms in total. The molecule has 0 radical (unpaired) electrons. The highest BCUT2D eigenvalue weighted by molar-refractivity contribution is 9.11. The van der Waals surface area contributed by atoms with E-state index in [2.05, 4.69) is 49.3 Å². The third-order valence-corrected chi connectivity index (χ3v) is 4.19. The smallest absolute Gasteiger partial charge is 0.0498 e. The zero-order chi connectivity index (χ0) is 11.5. The summed E-state index contributed by atoms with van der Waals surface area (Å²) >= 11 is 7.05. The van der Waals surface area contributed by atoms with Gasteiger partial charge in [0.15, 0.2) is 0 Å². The van der Waals surface area contributed by atoms with Crippen LogP contribution in [0.2, 0.25) is 0 Å². The summed E-state index contributed by atoms with van der Waals surface area (Å²) in [6.07, 6.45) is 4.67. The molecule has 0 amide bonds. The Hall–Kier alpha value is -0.0600. The molecule has 2 rings (SSSR count). The molecule has 1 aliphatic rings. The van der Waals surface area contributed by atoms with Crippen molar-refractivity contribution in [2.24, 2.45) is 5.73 Å². The standard InChI is InChI=1S/C12H16Br2N2/c13-8-4-5-11(14)12(6-8)16-10-3-1-2-9(15)7-10/h4-6,9-10,16H,1-3,7,15H2. The van der Waals surface area contributed by atoms with Crippen molar-refractivity contribution in [3.05, 3.63) is 27.1 Å². The summed E-state index contributed by atoms with van der Waals surface area (Å²) in [6.45, 7) is 0. The summed E-state index contributed by atoms with van der Waals surface area (Å²) in [5.41, 5.74) is 7.13. The van der Waals surface area contributed by atoms with Gasteiger partial charge in [-0.25, -0.2) is 0 Å². The molecule has 1 fully saturated rings. The van der Waals surface area contributed by atoms with Gasteiger partial charge in [0.05, 0.1) is 0 Å². The largest absolute Gasteiger partial charge is 0.381 e. The zero-order valence-corrected chi connectivity index (χ0v) is 12.2. The number of nitrogens with two attached hydrogens (primary N) is 1. The lowest BCUT2D eigenvalue weighted by molar-refractivity contribution is 0.409. The molecular weight excluding hydrogens is 332 g/mol. The van der Waals surface area contributed by atoms with E-state index in [1.54, 1.807) is 0 Å². The maximum absolute atomic E-state index is 5.99. The first kappa shape index (κ1) is 12.4. The van der Waals surface area contributed by atoms with E-state index in [1.165, 1.54) is 12.8 Å². The Morgan fingerprint density at radius 2 is 2.06 bits per heavy atom. The molecule has 2 atom stereocenters. The second-order valence-corrected chi connectivity index (χ2v) is 6.16. The fourth-order valence-corrected chi connectivity index (χ4v) is 2.91. The minimum atomic E-state index is 0.358. The lowest BCUT2D eigenvalue weighted by atomic mass is 9.91. The molecule has 3 N–H and O–H groups in total. The van der Waals surface area contributed by atoms with Crippen LogP contribution in [0.4, 0.5) is 5.69 Å². The average Bonchev–Trinajstić information content (AvgIpc) is 2.24. The van der Waals surface area contributed by atoms with Crippen LogP contribution in [-0.4, -0.2) is 12.1 Å². The van der Waals surface area contributed by atoms with E-state index in [0.717, 1.165) is 27.5 Å². The first-order chi connectivity index (χ1) is 7.65. The van der Waals surface area contributed by atoms with Gasteiger partial charge in [-0.15, -0.1) is 0 Å². The number of hydrogen-bond acceptors (Lipinski definition) is 2. The molecule has 0 aromatic heterocycles. The molecular formula is C12H16Br2N2. The fraction of sp³-hybridized carbons (Fsp3) is 0.500. The molecule has 88 valence electrons. The maximum Gasteiger partial charge on any atom is 0.0498 e. The zero-order valence-electron chi connectivity index (χ0n) is 9.05. The van der Waals surface area contributed by atoms with Crippen LogP contribution in [0.25, 0.3) is 0 Å². The molecule has 0 bridgehead atoms. The quantitative estimate of drug-likeness (QED) is 0.851. The second kappa shape index (κ2) is 5.52. The summed E-state index contributed by atoms with van der Waals surface area (Å²) in [6, 6.07) is 7.05. The van der Waals surface area contributed by atoms with Crippen LogP contribution in [0.5, 0.6) is 0 Å². The predicted octanol–water partition coefficient (Wildman–Crippen LogP) is 3.89. The third kappa shape index (κ3) is 3.22. The summed E-state index contributed by atoms with van der Waals surface area (Å²) in [5.74, 6) is 0. The maximum atomic E-state index is 5.99.